The van der Waals surface area contributed by atoms with Crippen LogP contribution in [0.1, 0.15) is 49.8 Å². The quantitative estimate of drug-likeness (QED) is 0.894. The molecular formula is C17H24N2O. The normalized spacial score (nSPS) is 38.2. The second-order valence-corrected chi connectivity index (χ2v) is 7.48. The Labute approximate surface area is 120 Å². The molecular weight excluding hydrogens is 248 g/mol. The SMILES string of the molecule is Cc1cc(OC23CC4CC(CC(C4)C2)C3)nc(C)c1N. The van der Waals surface area contributed by atoms with Crippen LogP contribution < -0.4 is 10.5 Å². The van der Waals surface area contributed by atoms with Gasteiger partial charge in [0.15, 0.2) is 0 Å². The van der Waals surface area contributed by atoms with Gasteiger partial charge in [0.25, 0.3) is 0 Å². The second-order valence-electron chi connectivity index (χ2n) is 7.48. The Morgan fingerprint density at radius 1 is 1.10 bits per heavy atom. The van der Waals surface area contributed by atoms with Crippen LogP contribution in [0.15, 0.2) is 6.07 Å². The summed E-state index contributed by atoms with van der Waals surface area (Å²) in [6.45, 7) is 4.01. The van der Waals surface area contributed by atoms with Gasteiger partial charge < -0.3 is 10.5 Å². The number of hydrogen-bond acceptors (Lipinski definition) is 3. The molecule has 0 aromatic carbocycles. The van der Waals surface area contributed by atoms with Gasteiger partial charge in [-0.2, -0.15) is 0 Å². The van der Waals surface area contributed by atoms with Crippen LogP contribution in [-0.4, -0.2) is 10.6 Å². The summed E-state index contributed by atoms with van der Waals surface area (Å²) in [4.78, 5) is 4.56. The molecule has 0 aliphatic heterocycles. The van der Waals surface area contributed by atoms with Gasteiger partial charge in [-0.1, -0.05) is 0 Å². The lowest BCUT2D eigenvalue weighted by atomic mass is 9.54. The van der Waals surface area contributed by atoms with Gasteiger partial charge in [0.2, 0.25) is 5.88 Å². The topological polar surface area (TPSA) is 48.1 Å². The molecule has 1 aromatic heterocycles. The summed E-state index contributed by atoms with van der Waals surface area (Å²) in [5.74, 6) is 3.49. The molecule has 2 N–H and O–H groups in total. The summed E-state index contributed by atoms with van der Waals surface area (Å²) in [7, 11) is 0. The van der Waals surface area contributed by atoms with E-state index in [0.29, 0.717) is 0 Å². The van der Waals surface area contributed by atoms with Crippen LogP contribution in [0.25, 0.3) is 0 Å². The van der Waals surface area contributed by atoms with Crippen LogP contribution in [0.4, 0.5) is 5.69 Å². The number of ether oxygens (including phenoxy) is 1. The number of nitrogens with two attached hydrogens (primary N) is 1. The maximum atomic E-state index is 6.46. The van der Waals surface area contributed by atoms with Crippen LogP contribution in [0, 0.1) is 31.6 Å². The molecule has 108 valence electrons. The van der Waals surface area contributed by atoms with Crippen molar-refractivity contribution in [1.29, 1.82) is 0 Å². The molecule has 0 unspecified atom stereocenters. The molecule has 0 atom stereocenters. The minimum absolute atomic E-state index is 0.0801. The lowest BCUT2D eigenvalue weighted by Gasteiger charge is -2.55. The number of pyridine rings is 1. The van der Waals surface area contributed by atoms with Crippen molar-refractivity contribution < 1.29 is 4.74 Å². The van der Waals surface area contributed by atoms with Gasteiger partial charge in [-0.3, -0.25) is 0 Å². The third kappa shape index (κ3) is 1.90. The van der Waals surface area contributed by atoms with Crippen molar-refractivity contribution in [2.24, 2.45) is 17.8 Å². The van der Waals surface area contributed by atoms with E-state index >= 15 is 0 Å². The zero-order valence-corrected chi connectivity index (χ0v) is 12.5. The van der Waals surface area contributed by atoms with E-state index < -0.39 is 0 Å². The highest BCUT2D eigenvalue weighted by molar-refractivity contribution is 5.51. The summed E-state index contributed by atoms with van der Waals surface area (Å²) < 4.78 is 6.46. The van der Waals surface area contributed by atoms with Gasteiger partial charge >= 0.3 is 0 Å². The van der Waals surface area contributed by atoms with E-state index in [-0.39, 0.29) is 5.60 Å². The Kier molecular flexibility index (Phi) is 2.57. The summed E-state index contributed by atoms with van der Waals surface area (Å²) >= 11 is 0. The molecule has 3 heteroatoms. The molecule has 4 aliphatic rings. The zero-order chi connectivity index (χ0) is 13.9. The molecule has 4 fully saturated rings. The van der Waals surface area contributed by atoms with Crippen molar-refractivity contribution in [3.05, 3.63) is 17.3 Å². The van der Waals surface area contributed by atoms with E-state index in [1.54, 1.807) is 0 Å². The molecule has 0 amide bonds. The van der Waals surface area contributed by atoms with Gasteiger partial charge in [0.1, 0.15) is 5.60 Å². The molecule has 20 heavy (non-hydrogen) atoms. The molecule has 1 aromatic rings. The third-order valence-corrected chi connectivity index (χ3v) is 5.74. The van der Waals surface area contributed by atoms with E-state index in [0.717, 1.165) is 40.6 Å². The number of anilines is 1. The lowest BCUT2D eigenvalue weighted by Crippen LogP contribution is -2.53. The first-order valence-electron chi connectivity index (χ1n) is 7.96. The predicted molar refractivity (Wildman–Crippen MR) is 79.7 cm³/mol. The minimum atomic E-state index is 0.0801. The number of aromatic nitrogens is 1. The van der Waals surface area contributed by atoms with Crippen molar-refractivity contribution in [3.8, 4) is 5.88 Å². The average Bonchev–Trinajstić information content (AvgIpc) is 2.33. The number of hydrogen-bond donors (Lipinski definition) is 1. The summed E-state index contributed by atoms with van der Waals surface area (Å²) in [5.41, 5.74) is 8.84. The fraction of sp³-hybridized carbons (Fsp3) is 0.706. The molecule has 4 saturated carbocycles. The van der Waals surface area contributed by atoms with Crippen molar-refractivity contribution in [3.63, 3.8) is 0 Å². The Hall–Kier alpha value is -1.25. The minimum Gasteiger partial charge on any atom is -0.471 e. The smallest absolute Gasteiger partial charge is 0.214 e. The third-order valence-electron chi connectivity index (χ3n) is 5.74. The van der Waals surface area contributed by atoms with E-state index in [1.807, 2.05) is 19.9 Å². The second kappa shape index (κ2) is 4.12. The van der Waals surface area contributed by atoms with E-state index in [9.17, 15) is 0 Å². The first kappa shape index (κ1) is 12.5. The Balaban J connectivity index is 1.63. The average molecular weight is 272 g/mol. The number of rotatable bonds is 2. The fourth-order valence-corrected chi connectivity index (χ4v) is 5.24. The number of aryl methyl sites for hydroxylation is 2. The first-order chi connectivity index (χ1) is 9.53. The molecule has 0 spiro atoms. The van der Waals surface area contributed by atoms with Crippen LogP contribution in [-0.2, 0) is 0 Å². The van der Waals surface area contributed by atoms with Gasteiger partial charge in [-0.05, 0) is 75.7 Å². The zero-order valence-electron chi connectivity index (χ0n) is 12.5. The summed E-state index contributed by atoms with van der Waals surface area (Å²) in [6.07, 6.45) is 8.04. The van der Waals surface area contributed by atoms with E-state index in [4.69, 9.17) is 10.5 Å². The standard InChI is InChI=1S/C17H24N2O/c1-10-3-15(19-11(2)16(10)18)20-17-7-12-4-13(8-17)6-14(5-12)9-17/h3,12-14H,4-9,18H2,1-2H3. The van der Waals surface area contributed by atoms with Crippen molar-refractivity contribution in [1.82, 2.24) is 4.98 Å². The highest BCUT2D eigenvalue weighted by Gasteiger charge is 2.52. The Morgan fingerprint density at radius 3 is 2.15 bits per heavy atom. The Morgan fingerprint density at radius 2 is 1.65 bits per heavy atom. The van der Waals surface area contributed by atoms with Gasteiger partial charge in [-0.15, -0.1) is 0 Å². The van der Waals surface area contributed by atoms with Crippen LogP contribution in [0.5, 0.6) is 5.88 Å². The molecule has 4 aliphatic carbocycles. The Bertz CT molecular complexity index is 494. The van der Waals surface area contributed by atoms with Gasteiger partial charge in [0.05, 0.1) is 11.4 Å². The largest absolute Gasteiger partial charge is 0.471 e. The predicted octanol–water partition coefficient (Wildman–Crippen LogP) is 3.63. The van der Waals surface area contributed by atoms with Crippen LogP contribution in [0.3, 0.4) is 0 Å². The van der Waals surface area contributed by atoms with Crippen molar-refractivity contribution in [2.75, 3.05) is 5.73 Å². The van der Waals surface area contributed by atoms with E-state index in [1.165, 1.54) is 38.5 Å². The summed E-state index contributed by atoms with van der Waals surface area (Å²) in [5, 5.41) is 0. The molecule has 0 saturated heterocycles. The molecule has 5 rings (SSSR count). The number of nitrogen functional groups attached to an aromatic ring is 1. The molecule has 3 nitrogen and oxygen atoms in total. The molecule has 4 bridgehead atoms. The van der Waals surface area contributed by atoms with Gasteiger partial charge in [0, 0.05) is 6.07 Å². The van der Waals surface area contributed by atoms with Crippen LogP contribution in [0.2, 0.25) is 0 Å². The molecule has 1 heterocycles. The molecule has 0 radical (unpaired) electrons. The van der Waals surface area contributed by atoms with Crippen molar-refractivity contribution >= 4 is 5.69 Å². The van der Waals surface area contributed by atoms with Gasteiger partial charge in [-0.25, -0.2) is 4.98 Å². The first-order valence-corrected chi connectivity index (χ1v) is 7.96. The number of nitrogens with zero attached hydrogens (tertiary/aromatic N) is 1. The maximum absolute atomic E-state index is 6.46. The van der Waals surface area contributed by atoms with Crippen molar-refractivity contribution in [2.45, 2.75) is 58.0 Å². The van der Waals surface area contributed by atoms with Crippen LogP contribution >= 0.6 is 0 Å². The highest BCUT2D eigenvalue weighted by Crippen LogP contribution is 2.56. The lowest BCUT2D eigenvalue weighted by molar-refractivity contribution is -0.109. The fourth-order valence-electron chi connectivity index (χ4n) is 5.24. The van der Waals surface area contributed by atoms with E-state index in [2.05, 4.69) is 4.98 Å². The summed E-state index contributed by atoms with van der Waals surface area (Å²) in [6, 6.07) is 2.01. The monoisotopic (exact) mass is 272 g/mol. The highest BCUT2D eigenvalue weighted by atomic mass is 16.5. The maximum Gasteiger partial charge on any atom is 0.214 e.